The first-order valence-electron chi connectivity index (χ1n) is 8.64. The molecule has 1 N–H and O–H groups in total. The van der Waals surface area contributed by atoms with Crippen LogP contribution < -0.4 is 0 Å². The van der Waals surface area contributed by atoms with Crippen molar-refractivity contribution in [2.24, 2.45) is 0 Å². The van der Waals surface area contributed by atoms with Gasteiger partial charge in [0.2, 0.25) is 0 Å². The van der Waals surface area contributed by atoms with Crippen LogP contribution in [0.3, 0.4) is 0 Å². The van der Waals surface area contributed by atoms with Crippen molar-refractivity contribution in [1.29, 1.82) is 0 Å². The minimum Gasteiger partial charge on any atom is -0.392 e. The molecule has 0 bridgehead atoms. The molecule has 2 aliphatic heterocycles. The normalized spacial score (nSPS) is 25.0. The number of rotatable bonds is 5. The van der Waals surface area contributed by atoms with Gasteiger partial charge in [-0.2, -0.15) is 0 Å². The Morgan fingerprint density at radius 2 is 1.39 bits per heavy atom. The minimum absolute atomic E-state index is 0.0689. The second kappa shape index (κ2) is 8.22. The molecule has 3 unspecified atom stereocenters. The Kier molecular flexibility index (Phi) is 6.02. The standard InChI is InChI=1S/C18H28N2O3/c1-15(21)17(19-7-11-22-12-8-19)18(16-5-3-2-4-6-16)20-9-13-23-14-10-20/h2-6,15,17-18,21H,7-14H2,1H3. The smallest absolute Gasteiger partial charge is 0.0685 e. The lowest BCUT2D eigenvalue weighted by Crippen LogP contribution is -2.56. The molecule has 0 aliphatic carbocycles. The van der Waals surface area contributed by atoms with E-state index in [0.29, 0.717) is 0 Å². The average Bonchev–Trinajstić information content (AvgIpc) is 2.61. The lowest BCUT2D eigenvalue weighted by Gasteiger charge is -2.46. The van der Waals surface area contributed by atoms with Crippen molar-refractivity contribution < 1.29 is 14.6 Å². The molecular weight excluding hydrogens is 292 g/mol. The first-order valence-corrected chi connectivity index (χ1v) is 8.64. The molecule has 2 saturated heterocycles. The zero-order valence-corrected chi connectivity index (χ0v) is 13.9. The maximum absolute atomic E-state index is 10.6. The Bertz CT molecular complexity index is 457. The number of nitrogens with zero attached hydrogens (tertiary/aromatic N) is 2. The van der Waals surface area contributed by atoms with Crippen molar-refractivity contribution in [1.82, 2.24) is 9.80 Å². The van der Waals surface area contributed by atoms with Crippen LogP contribution in [0.2, 0.25) is 0 Å². The molecule has 0 saturated carbocycles. The summed E-state index contributed by atoms with van der Waals surface area (Å²) in [5.41, 5.74) is 1.27. The zero-order valence-electron chi connectivity index (χ0n) is 13.9. The molecule has 128 valence electrons. The van der Waals surface area contributed by atoms with Gasteiger partial charge in [0.05, 0.1) is 44.6 Å². The van der Waals surface area contributed by atoms with Gasteiger partial charge in [0.25, 0.3) is 0 Å². The summed E-state index contributed by atoms with van der Waals surface area (Å²) in [6, 6.07) is 10.8. The van der Waals surface area contributed by atoms with Crippen molar-refractivity contribution >= 4 is 0 Å². The monoisotopic (exact) mass is 320 g/mol. The molecule has 0 spiro atoms. The molecule has 1 aromatic rings. The third kappa shape index (κ3) is 4.11. The fourth-order valence-corrected chi connectivity index (χ4v) is 3.77. The van der Waals surface area contributed by atoms with E-state index in [-0.39, 0.29) is 12.1 Å². The number of aliphatic hydroxyl groups excluding tert-OH is 1. The van der Waals surface area contributed by atoms with Gasteiger partial charge in [0.15, 0.2) is 0 Å². The van der Waals surface area contributed by atoms with Crippen molar-refractivity contribution in [3.05, 3.63) is 35.9 Å². The van der Waals surface area contributed by atoms with Crippen molar-refractivity contribution in [2.75, 3.05) is 52.6 Å². The molecular formula is C18H28N2O3. The lowest BCUT2D eigenvalue weighted by atomic mass is 9.92. The first-order chi connectivity index (χ1) is 11.3. The Hall–Kier alpha value is -0.980. The van der Waals surface area contributed by atoms with Gasteiger partial charge in [-0.1, -0.05) is 30.3 Å². The van der Waals surface area contributed by atoms with E-state index in [9.17, 15) is 5.11 Å². The van der Waals surface area contributed by atoms with Crippen LogP contribution in [0.4, 0.5) is 0 Å². The third-order valence-electron chi connectivity index (χ3n) is 4.87. The molecule has 3 atom stereocenters. The Balaban J connectivity index is 1.90. The maximum Gasteiger partial charge on any atom is 0.0685 e. The van der Waals surface area contributed by atoms with Crippen LogP contribution in [0.25, 0.3) is 0 Å². The van der Waals surface area contributed by atoms with Crippen LogP contribution in [-0.4, -0.2) is 79.7 Å². The van der Waals surface area contributed by atoms with E-state index >= 15 is 0 Å². The lowest BCUT2D eigenvalue weighted by molar-refractivity contribution is -0.0675. The Morgan fingerprint density at radius 3 is 1.91 bits per heavy atom. The van der Waals surface area contributed by atoms with Crippen molar-refractivity contribution in [3.8, 4) is 0 Å². The highest BCUT2D eigenvalue weighted by Crippen LogP contribution is 2.31. The van der Waals surface area contributed by atoms with E-state index in [1.807, 2.05) is 13.0 Å². The van der Waals surface area contributed by atoms with Crippen molar-refractivity contribution in [3.63, 3.8) is 0 Å². The van der Waals surface area contributed by atoms with Crippen LogP contribution in [0.5, 0.6) is 0 Å². The van der Waals surface area contributed by atoms with Gasteiger partial charge in [-0.05, 0) is 12.5 Å². The molecule has 2 aliphatic rings. The summed E-state index contributed by atoms with van der Waals surface area (Å²) in [6.07, 6.45) is -0.402. The molecule has 0 amide bonds. The molecule has 2 heterocycles. The van der Waals surface area contributed by atoms with Crippen molar-refractivity contribution in [2.45, 2.75) is 25.1 Å². The molecule has 0 aromatic heterocycles. The van der Waals surface area contributed by atoms with Gasteiger partial charge < -0.3 is 14.6 Å². The number of aliphatic hydroxyl groups is 1. The van der Waals surface area contributed by atoms with Gasteiger partial charge in [-0.15, -0.1) is 0 Å². The van der Waals surface area contributed by atoms with E-state index in [1.54, 1.807) is 0 Å². The fourth-order valence-electron chi connectivity index (χ4n) is 3.77. The number of morpholine rings is 2. The van der Waals surface area contributed by atoms with Gasteiger partial charge in [-0.25, -0.2) is 0 Å². The summed E-state index contributed by atoms with van der Waals surface area (Å²) < 4.78 is 11.0. The van der Waals surface area contributed by atoms with E-state index in [4.69, 9.17) is 9.47 Å². The molecule has 23 heavy (non-hydrogen) atoms. The second-order valence-corrected chi connectivity index (χ2v) is 6.38. The average molecular weight is 320 g/mol. The summed E-state index contributed by atoms with van der Waals surface area (Å²) >= 11 is 0. The predicted octanol–water partition coefficient (Wildman–Crippen LogP) is 1.14. The van der Waals surface area contributed by atoms with Crippen LogP contribution in [-0.2, 0) is 9.47 Å². The van der Waals surface area contributed by atoms with Crippen LogP contribution in [0, 0.1) is 0 Å². The predicted molar refractivity (Wildman–Crippen MR) is 89.4 cm³/mol. The zero-order chi connectivity index (χ0) is 16.1. The highest BCUT2D eigenvalue weighted by molar-refractivity contribution is 5.22. The van der Waals surface area contributed by atoms with Gasteiger partial charge in [0.1, 0.15) is 0 Å². The topological polar surface area (TPSA) is 45.2 Å². The Labute approximate surface area is 138 Å². The first kappa shape index (κ1) is 16.9. The maximum atomic E-state index is 10.6. The minimum atomic E-state index is -0.402. The van der Waals surface area contributed by atoms with E-state index in [1.165, 1.54) is 5.56 Å². The molecule has 1 aromatic carbocycles. The van der Waals surface area contributed by atoms with Gasteiger partial charge in [0, 0.05) is 26.2 Å². The number of hydrogen-bond donors (Lipinski definition) is 1. The summed E-state index contributed by atoms with van der Waals surface area (Å²) in [6.45, 7) is 8.50. The molecule has 5 nitrogen and oxygen atoms in total. The second-order valence-electron chi connectivity index (χ2n) is 6.38. The van der Waals surface area contributed by atoms with E-state index in [2.05, 4.69) is 34.1 Å². The fraction of sp³-hybridized carbons (Fsp3) is 0.667. The highest BCUT2D eigenvalue weighted by Gasteiger charge is 2.37. The van der Waals surface area contributed by atoms with E-state index in [0.717, 1.165) is 52.6 Å². The molecule has 5 heteroatoms. The SMILES string of the molecule is CC(O)C(C(c1ccccc1)N1CCOCC1)N1CCOCC1. The number of benzene rings is 1. The molecule has 3 rings (SSSR count). The van der Waals surface area contributed by atoms with E-state index < -0.39 is 6.10 Å². The van der Waals surface area contributed by atoms with Crippen LogP contribution in [0.15, 0.2) is 30.3 Å². The molecule has 0 radical (unpaired) electrons. The highest BCUT2D eigenvalue weighted by atomic mass is 16.5. The quantitative estimate of drug-likeness (QED) is 0.881. The summed E-state index contributed by atoms with van der Waals surface area (Å²) in [7, 11) is 0. The summed E-state index contributed by atoms with van der Waals surface area (Å²) in [5, 5.41) is 10.6. The Morgan fingerprint density at radius 1 is 0.870 bits per heavy atom. The van der Waals surface area contributed by atoms with Crippen LogP contribution in [0.1, 0.15) is 18.5 Å². The van der Waals surface area contributed by atoms with Crippen LogP contribution >= 0.6 is 0 Å². The number of ether oxygens (including phenoxy) is 2. The molecule has 2 fully saturated rings. The number of hydrogen-bond acceptors (Lipinski definition) is 5. The van der Waals surface area contributed by atoms with Gasteiger partial charge >= 0.3 is 0 Å². The van der Waals surface area contributed by atoms with Gasteiger partial charge in [-0.3, -0.25) is 9.80 Å². The third-order valence-corrected chi connectivity index (χ3v) is 4.87. The summed E-state index contributed by atoms with van der Waals surface area (Å²) in [5.74, 6) is 0. The largest absolute Gasteiger partial charge is 0.392 e. The summed E-state index contributed by atoms with van der Waals surface area (Å²) in [4.78, 5) is 4.85.